The predicted octanol–water partition coefficient (Wildman–Crippen LogP) is 2.62. The summed E-state index contributed by atoms with van der Waals surface area (Å²) in [5, 5.41) is 14.3. The number of pyridine rings is 1. The van der Waals surface area contributed by atoms with Gasteiger partial charge in [0.25, 0.3) is 0 Å². The minimum atomic E-state index is -0.482. The molecule has 0 radical (unpaired) electrons. The number of rotatable bonds is 3. The van der Waals surface area contributed by atoms with Crippen molar-refractivity contribution < 1.29 is 9.66 Å². The number of nitro groups is 1. The highest BCUT2D eigenvalue weighted by Gasteiger charge is 2.23. The topological polar surface area (TPSA) is 77.3 Å². The summed E-state index contributed by atoms with van der Waals surface area (Å²) < 4.78 is 5.43. The van der Waals surface area contributed by atoms with Crippen LogP contribution in [0.4, 0.5) is 11.5 Å². The Kier molecular flexibility index (Phi) is 3.98. The van der Waals surface area contributed by atoms with E-state index in [0.717, 1.165) is 12.8 Å². The third-order valence-electron chi connectivity index (χ3n) is 2.86. The second-order valence-electron chi connectivity index (χ2n) is 4.33. The molecule has 2 atom stereocenters. The molecular weight excluding hydrogens is 258 g/mol. The van der Waals surface area contributed by atoms with Gasteiger partial charge >= 0.3 is 5.69 Å². The van der Waals surface area contributed by atoms with Crippen molar-refractivity contribution in [3.63, 3.8) is 0 Å². The summed E-state index contributed by atoms with van der Waals surface area (Å²) in [6.07, 6.45) is 3.18. The molecule has 1 aliphatic rings. The van der Waals surface area contributed by atoms with Gasteiger partial charge in [0, 0.05) is 24.9 Å². The Balaban J connectivity index is 2.15. The standard InChI is InChI=1S/C11H14ClN3O3/c1-7-4-9(2-3-18-7)14-11-10(15(16)17)5-8(12)6-13-11/h5-7,9H,2-4H2,1H3,(H,13,14). The van der Waals surface area contributed by atoms with Crippen LogP contribution < -0.4 is 5.32 Å². The third-order valence-corrected chi connectivity index (χ3v) is 3.06. The van der Waals surface area contributed by atoms with Crippen molar-refractivity contribution >= 4 is 23.1 Å². The Morgan fingerprint density at radius 3 is 3.11 bits per heavy atom. The van der Waals surface area contributed by atoms with Gasteiger partial charge in [-0.3, -0.25) is 10.1 Å². The van der Waals surface area contributed by atoms with E-state index in [1.54, 1.807) is 0 Å². The molecule has 0 spiro atoms. The van der Waals surface area contributed by atoms with Crippen molar-refractivity contribution in [1.29, 1.82) is 0 Å². The molecule has 0 amide bonds. The van der Waals surface area contributed by atoms with E-state index in [1.165, 1.54) is 12.3 Å². The fourth-order valence-electron chi connectivity index (χ4n) is 2.00. The number of ether oxygens (including phenoxy) is 1. The van der Waals surface area contributed by atoms with Gasteiger partial charge < -0.3 is 10.1 Å². The van der Waals surface area contributed by atoms with Crippen LogP contribution in [0.25, 0.3) is 0 Å². The average molecular weight is 272 g/mol. The summed E-state index contributed by atoms with van der Waals surface area (Å²) in [7, 11) is 0. The monoisotopic (exact) mass is 271 g/mol. The Labute approximate surface area is 109 Å². The van der Waals surface area contributed by atoms with Crippen LogP contribution >= 0.6 is 11.6 Å². The lowest BCUT2D eigenvalue weighted by atomic mass is 10.0. The maximum atomic E-state index is 10.9. The summed E-state index contributed by atoms with van der Waals surface area (Å²) in [5.74, 6) is 0.267. The molecule has 7 heteroatoms. The number of hydrogen-bond acceptors (Lipinski definition) is 5. The maximum absolute atomic E-state index is 10.9. The Hall–Kier alpha value is -1.40. The Morgan fingerprint density at radius 2 is 2.44 bits per heavy atom. The van der Waals surface area contributed by atoms with Gasteiger partial charge in [-0.2, -0.15) is 0 Å². The molecule has 1 saturated heterocycles. The third kappa shape index (κ3) is 3.08. The van der Waals surface area contributed by atoms with Crippen LogP contribution in [0.1, 0.15) is 19.8 Å². The first-order chi connectivity index (χ1) is 8.56. The van der Waals surface area contributed by atoms with E-state index in [4.69, 9.17) is 16.3 Å². The van der Waals surface area contributed by atoms with Gasteiger partial charge in [-0.05, 0) is 19.8 Å². The number of anilines is 1. The molecule has 6 nitrogen and oxygen atoms in total. The van der Waals surface area contributed by atoms with Crippen molar-refractivity contribution in [1.82, 2.24) is 4.98 Å². The van der Waals surface area contributed by atoms with Crippen molar-refractivity contribution in [2.75, 3.05) is 11.9 Å². The van der Waals surface area contributed by atoms with Crippen LogP contribution in [0.5, 0.6) is 0 Å². The summed E-state index contributed by atoms with van der Waals surface area (Å²) in [5.41, 5.74) is -0.0957. The average Bonchev–Trinajstić information content (AvgIpc) is 2.31. The lowest BCUT2D eigenvalue weighted by molar-refractivity contribution is -0.384. The highest BCUT2D eigenvalue weighted by molar-refractivity contribution is 6.30. The van der Waals surface area contributed by atoms with Crippen LogP contribution in [0.2, 0.25) is 5.02 Å². The second kappa shape index (κ2) is 5.49. The van der Waals surface area contributed by atoms with Crippen LogP contribution in [-0.4, -0.2) is 28.7 Å². The van der Waals surface area contributed by atoms with E-state index in [0.29, 0.717) is 6.61 Å². The zero-order chi connectivity index (χ0) is 13.1. The molecule has 0 aromatic carbocycles. The summed E-state index contributed by atoms with van der Waals surface area (Å²) >= 11 is 5.71. The first kappa shape index (κ1) is 13.0. The minimum Gasteiger partial charge on any atom is -0.378 e. The van der Waals surface area contributed by atoms with Gasteiger partial charge in [0.1, 0.15) is 0 Å². The number of aromatic nitrogens is 1. The van der Waals surface area contributed by atoms with Gasteiger partial charge in [0.2, 0.25) is 5.82 Å². The van der Waals surface area contributed by atoms with Crippen LogP contribution in [0.15, 0.2) is 12.3 Å². The van der Waals surface area contributed by atoms with E-state index in [9.17, 15) is 10.1 Å². The molecule has 0 bridgehead atoms. The van der Waals surface area contributed by atoms with E-state index >= 15 is 0 Å². The molecule has 0 aliphatic carbocycles. The quantitative estimate of drug-likeness (QED) is 0.675. The van der Waals surface area contributed by atoms with Crippen molar-refractivity contribution in [2.24, 2.45) is 0 Å². The molecule has 1 N–H and O–H groups in total. The second-order valence-corrected chi connectivity index (χ2v) is 4.76. The smallest absolute Gasteiger partial charge is 0.312 e. The van der Waals surface area contributed by atoms with Gasteiger partial charge in [-0.25, -0.2) is 4.98 Å². The zero-order valence-corrected chi connectivity index (χ0v) is 10.7. The van der Waals surface area contributed by atoms with Crippen molar-refractivity contribution in [3.05, 3.63) is 27.4 Å². The van der Waals surface area contributed by atoms with Gasteiger partial charge in [0.05, 0.1) is 16.0 Å². The van der Waals surface area contributed by atoms with E-state index in [1.807, 2.05) is 6.92 Å². The van der Waals surface area contributed by atoms with Crippen LogP contribution in [0, 0.1) is 10.1 Å². The lowest BCUT2D eigenvalue weighted by Crippen LogP contribution is -2.32. The molecule has 2 rings (SSSR count). The minimum absolute atomic E-state index is 0.0957. The van der Waals surface area contributed by atoms with E-state index in [-0.39, 0.29) is 28.7 Å². The first-order valence-electron chi connectivity index (χ1n) is 5.74. The fourth-order valence-corrected chi connectivity index (χ4v) is 2.15. The lowest BCUT2D eigenvalue weighted by Gasteiger charge is -2.28. The fraction of sp³-hybridized carbons (Fsp3) is 0.545. The Bertz CT molecular complexity index is 455. The highest BCUT2D eigenvalue weighted by Crippen LogP contribution is 2.27. The van der Waals surface area contributed by atoms with E-state index < -0.39 is 4.92 Å². The highest BCUT2D eigenvalue weighted by atomic mass is 35.5. The molecule has 0 saturated carbocycles. The largest absolute Gasteiger partial charge is 0.378 e. The molecule has 1 aromatic rings. The van der Waals surface area contributed by atoms with Crippen LogP contribution in [-0.2, 0) is 4.74 Å². The van der Waals surface area contributed by atoms with Crippen LogP contribution in [0.3, 0.4) is 0 Å². The first-order valence-corrected chi connectivity index (χ1v) is 6.12. The number of nitrogens with one attached hydrogen (secondary N) is 1. The predicted molar refractivity (Wildman–Crippen MR) is 68.0 cm³/mol. The molecule has 2 heterocycles. The molecule has 98 valence electrons. The van der Waals surface area contributed by atoms with Gasteiger partial charge in [-0.1, -0.05) is 11.6 Å². The number of halogens is 1. The molecule has 1 aliphatic heterocycles. The molecule has 1 aromatic heterocycles. The number of nitrogens with zero attached hydrogens (tertiary/aromatic N) is 2. The zero-order valence-electron chi connectivity index (χ0n) is 9.93. The molecule has 2 unspecified atom stereocenters. The normalized spacial score (nSPS) is 23.7. The molecule has 18 heavy (non-hydrogen) atoms. The summed E-state index contributed by atoms with van der Waals surface area (Å²) in [4.78, 5) is 14.4. The van der Waals surface area contributed by atoms with Gasteiger partial charge in [0.15, 0.2) is 0 Å². The summed E-state index contributed by atoms with van der Waals surface area (Å²) in [6, 6.07) is 1.45. The van der Waals surface area contributed by atoms with Crippen molar-refractivity contribution in [3.8, 4) is 0 Å². The van der Waals surface area contributed by atoms with Crippen molar-refractivity contribution in [2.45, 2.75) is 31.9 Å². The molecular formula is C11H14ClN3O3. The molecule has 1 fully saturated rings. The maximum Gasteiger partial charge on any atom is 0.312 e. The summed E-state index contributed by atoms with van der Waals surface area (Å²) in [6.45, 7) is 2.64. The number of hydrogen-bond donors (Lipinski definition) is 1. The Morgan fingerprint density at radius 1 is 1.67 bits per heavy atom. The van der Waals surface area contributed by atoms with Gasteiger partial charge in [-0.15, -0.1) is 0 Å². The SMILES string of the molecule is CC1CC(Nc2ncc(Cl)cc2[N+](=O)[O-])CCO1. The van der Waals surface area contributed by atoms with E-state index in [2.05, 4.69) is 10.3 Å².